The third-order valence-electron chi connectivity index (χ3n) is 1.50. The standard InChI is InChI=1S/C9H15BrO4/c1-4-7(9(12)13-5-2)14-8(11)6(3)10/h6-7H,4-5H2,1-3H3. The Kier molecular flexibility index (Phi) is 6.53. The van der Waals surface area contributed by atoms with Gasteiger partial charge in [-0.2, -0.15) is 0 Å². The van der Waals surface area contributed by atoms with E-state index in [2.05, 4.69) is 15.9 Å². The Balaban J connectivity index is 4.15. The summed E-state index contributed by atoms with van der Waals surface area (Å²) < 4.78 is 9.66. The van der Waals surface area contributed by atoms with E-state index in [4.69, 9.17) is 9.47 Å². The maximum Gasteiger partial charge on any atom is 0.347 e. The van der Waals surface area contributed by atoms with Gasteiger partial charge in [-0.3, -0.25) is 4.79 Å². The van der Waals surface area contributed by atoms with Crippen molar-refractivity contribution >= 4 is 27.9 Å². The second kappa shape index (κ2) is 6.81. The molecule has 0 aromatic heterocycles. The van der Waals surface area contributed by atoms with Gasteiger partial charge in [0.1, 0.15) is 4.83 Å². The molecule has 0 heterocycles. The van der Waals surface area contributed by atoms with E-state index in [1.165, 1.54) is 0 Å². The van der Waals surface area contributed by atoms with Crippen molar-refractivity contribution < 1.29 is 19.1 Å². The maximum atomic E-state index is 11.2. The van der Waals surface area contributed by atoms with Gasteiger partial charge in [0.05, 0.1) is 6.61 Å². The topological polar surface area (TPSA) is 52.6 Å². The van der Waals surface area contributed by atoms with Crippen LogP contribution in [0.1, 0.15) is 27.2 Å². The summed E-state index contributed by atoms with van der Waals surface area (Å²) in [5.41, 5.74) is 0. The molecule has 4 nitrogen and oxygen atoms in total. The van der Waals surface area contributed by atoms with Gasteiger partial charge in [-0.1, -0.05) is 22.9 Å². The Bertz CT molecular complexity index is 203. The van der Waals surface area contributed by atoms with Crippen LogP contribution in [0.5, 0.6) is 0 Å². The summed E-state index contributed by atoms with van der Waals surface area (Å²) in [6.07, 6.45) is -0.368. The average Bonchev–Trinajstić information content (AvgIpc) is 2.13. The van der Waals surface area contributed by atoms with Crippen LogP contribution in [-0.2, 0) is 19.1 Å². The first-order valence-electron chi connectivity index (χ1n) is 4.54. The molecular formula is C9H15BrO4. The lowest BCUT2D eigenvalue weighted by Gasteiger charge is -2.15. The van der Waals surface area contributed by atoms with Crippen molar-refractivity contribution in [2.24, 2.45) is 0 Å². The average molecular weight is 267 g/mol. The lowest BCUT2D eigenvalue weighted by Crippen LogP contribution is -2.30. The molecule has 0 bridgehead atoms. The number of rotatable bonds is 5. The predicted octanol–water partition coefficient (Wildman–Crippen LogP) is 1.65. The summed E-state index contributed by atoms with van der Waals surface area (Å²) >= 11 is 3.06. The molecule has 14 heavy (non-hydrogen) atoms. The van der Waals surface area contributed by atoms with E-state index in [0.717, 1.165) is 0 Å². The van der Waals surface area contributed by atoms with Gasteiger partial charge in [-0.25, -0.2) is 4.79 Å². The zero-order chi connectivity index (χ0) is 11.1. The van der Waals surface area contributed by atoms with E-state index >= 15 is 0 Å². The number of esters is 2. The Labute approximate surface area is 92.1 Å². The fourth-order valence-electron chi connectivity index (χ4n) is 0.767. The highest BCUT2D eigenvalue weighted by Gasteiger charge is 2.23. The summed E-state index contributed by atoms with van der Waals surface area (Å²) in [4.78, 5) is 22.0. The fourth-order valence-corrected chi connectivity index (χ4v) is 0.875. The van der Waals surface area contributed by atoms with E-state index < -0.39 is 22.9 Å². The van der Waals surface area contributed by atoms with Crippen molar-refractivity contribution in [2.45, 2.75) is 38.1 Å². The molecule has 5 heteroatoms. The molecule has 0 fully saturated rings. The largest absolute Gasteiger partial charge is 0.463 e. The number of carbonyl (C=O) groups is 2. The number of ether oxygens (including phenoxy) is 2. The molecule has 0 saturated carbocycles. The van der Waals surface area contributed by atoms with Gasteiger partial charge in [-0.05, 0) is 20.3 Å². The fraction of sp³-hybridized carbons (Fsp3) is 0.778. The molecule has 0 aromatic rings. The Morgan fingerprint density at radius 2 is 1.86 bits per heavy atom. The quantitative estimate of drug-likeness (QED) is 0.561. The molecule has 0 aliphatic heterocycles. The van der Waals surface area contributed by atoms with Crippen LogP contribution >= 0.6 is 15.9 Å². The van der Waals surface area contributed by atoms with Crippen molar-refractivity contribution in [3.63, 3.8) is 0 Å². The van der Waals surface area contributed by atoms with Crippen molar-refractivity contribution in [1.29, 1.82) is 0 Å². The highest BCUT2D eigenvalue weighted by atomic mass is 79.9. The van der Waals surface area contributed by atoms with E-state index in [0.29, 0.717) is 6.42 Å². The van der Waals surface area contributed by atoms with Gasteiger partial charge in [-0.15, -0.1) is 0 Å². The van der Waals surface area contributed by atoms with Gasteiger partial charge in [0.2, 0.25) is 0 Å². The first kappa shape index (κ1) is 13.4. The van der Waals surface area contributed by atoms with Gasteiger partial charge < -0.3 is 9.47 Å². The molecule has 2 atom stereocenters. The summed E-state index contributed by atoms with van der Waals surface area (Å²) in [5.74, 6) is -0.943. The summed E-state index contributed by atoms with van der Waals surface area (Å²) in [7, 11) is 0. The minimum atomic E-state index is -0.789. The highest BCUT2D eigenvalue weighted by Crippen LogP contribution is 2.07. The molecular weight excluding hydrogens is 252 g/mol. The molecule has 0 amide bonds. The Morgan fingerprint density at radius 3 is 2.21 bits per heavy atom. The van der Waals surface area contributed by atoms with Gasteiger partial charge >= 0.3 is 11.9 Å². The summed E-state index contributed by atoms with van der Waals surface area (Å²) in [6, 6.07) is 0. The molecule has 0 radical (unpaired) electrons. The maximum absolute atomic E-state index is 11.2. The zero-order valence-corrected chi connectivity index (χ0v) is 10.2. The number of halogens is 1. The second-order valence-electron chi connectivity index (χ2n) is 2.70. The van der Waals surface area contributed by atoms with Gasteiger partial charge in [0.25, 0.3) is 0 Å². The smallest absolute Gasteiger partial charge is 0.347 e. The van der Waals surface area contributed by atoms with Crippen LogP contribution in [0.2, 0.25) is 0 Å². The molecule has 2 unspecified atom stereocenters. The minimum absolute atomic E-state index is 0.288. The van der Waals surface area contributed by atoms with Crippen LogP contribution in [0, 0.1) is 0 Å². The number of carbonyl (C=O) groups excluding carboxylic acids is 2. The molecule has 0 aromatic carbocycles. The second-order valence-corrected chi connectivity index (χ2v) is 4.08. The molecule has 0 rings (SSSR count). The zero-order valence-electron chi connectivity index (χ0n) is 8.58. The van der Waals surface area contributed by atoms with E-state index in [-0.39, 0.29) is 6.61 Å². The highest BCUT2D eigenvalue weighted by molar-refractivity contribution is 9.10. The van der Waals surface area contributed by atoms with Crippen LogP contribution in [0.25, 0.3) is 0 Å². The molecule has 0 N–H and O–H groups in total. The Morgan fingerprint density at radius 1 is 1.29 bits per heavy atom. The third kappa shape index (κ3) is 4.60. The van der Waals surface area contributed by atoms with Crippen molar-refractivity contribution in [3.05, 3.63) is 0 Å². The van der Waals surface area contributed by atoms with Crippen LogP contribution in [0.15, 0.2) is 0 Å². The Hall–Kier alpha value is -0.580. The first-order valence-corrected chi connectivity index (χ1v) is 5.45. The third-order valence-corrected chi connectivity index (χ3v) is 1.88. The van der Waals surface area contributed by atoms with E-state index in [9.17, 15) is 9.59 Å². The van der Waals surface area contributed by atoms with Gasteiger partial charge in [0.15, 0.2) is 6.10 Å². The van der Waals surface area contributed by atoms with E-state index in [1.807, 2.05) is 0 Å². The molecule has 0 saturated heterocycles. The lowest BCUT2D eigenvalue weighted by atomic mass is 10.3. The number of hydrogen-bond donors (Lipinski definition) is 0. The molecule has 0 spiro atoms. The van der Waals surface area contributed by atoms with Gasteiger partial charge in [0, 0.05) is 0 Å². The van der Waals surface area contributed by atoms with E-state index in [1.54, 1.807) is 20.8 Å². The van der Waals surface area contributed by atoms with Crippen molar-refractivity contribution in [3.8, 4) is 0 Å². The minimum Gasteiger partial charge on any atom is -0.463 e. The summed E-state index contributed by atoms with van der Waals surface area (Å²) in [5, 5.41) is 0. The predicted molar refractivity (Wildman–Crippen MR) is 55.2 cm³/mol. The lowest BCUT2D eigenvalue weighted by molar-refractivity contribution is -0.167. The SMILES string of the molecule is CCOC(=O)C(CC)OC(=O)C(C)Br. The van der Waals surface area contributed by atoms with Crippen molar-refractivity contribution in [2.75, 3.05) is 6.61 Å². The number of hydrogen-bond acceptors (Lipinski definition) is 4. The summed E-state index contributed by atoms with van der Waals surface area (Å²) in [6.45, 7) is 5.39. The molecule has 0 aliphatic rings. The first-order chi connectivity index (χ1) is 6.52. The van der Waals surface area contributed by atoms with Crippen LogP contribution < -0.4 is 0 Å². The normalized spacial score (nSPS) is 14.3. The molecule has 0 aliphatic carbocycles. The van der Waals surface area contributed by atoms with Crippen LogP contribution in [-0.4, -0.2) is 29.5 Å². The van der Waals surface area contributed by atoms with Crippen LogP contribution in [0.4, 0.5) is 0 Å². The monoisotopic (exact) mass is 266 g/mol. The molecule has 82 valence electrons. The van der Waals surface area contributed by atoms with Crippen LogP contribution in [0.3, 0.4) is 0 Å². The van der Waals surface area contributed by atoms with Crippen molar-refractivity contribution in [1.82, 2.24) is 0 Å². The number of alkyl halides is 1.